The van der Waals surface area contributed by atoms with Gasteiger partial charge in [0.15, 0.2) is 9.84 Å². The second kappa shape index (κ2) is 7.23. The molecule has 0 saturated heterocycles. The van der Waals surface area contributed by atoms with Crippen LogP contribution in [0, 0.1) is 5.92 Å². The summed E-state index contributed by atoms with van der Waals surface area (Å²) >= 11 is 0. The van der Waals surface area contributed by atoms with Crippen LogP contribution in [0.1, 0.15) is 33.1 Å². The van der Waals surface area contributed by atoms with Crippen LogP contribution >= 0.6 is 0 Å². The summed E-state index contributed by atoms with van der Waals surface area (Å²) in [5.41, 5.74) is 0. The van der Waals surface area contributed by atoms with Crippen molar-refractivity contribution in [2.24, 2.45) is 5.92 Å². The molecule has 0 heterocycles. The molecule has 0 aromatic heterocycles. The lowest BCUT2D eigenvalue weighted by atomic mass is 10.0. The lowest BCUT2D eigenvalue weighted by Crippen LogP contribution is -2.31. The molecule has 0 aliphatic carbocycles. The number of rotatable bonds is 7. The van der Waals surface area contributed by atoms with Gasteiger partial charge in [-0.15, -0.1) is 0 Å². The molecule has 0 saturated carbocycles. The minimum absolute atomic E-state index is 0.0857. The minimum Gasteiger partial charge on any atom is -0.274 e. The Morgan fingerprint density at radius 3 is 2.32 bits per heavy atom. The summed E-state index contributed by atoms with van der Waals surface area (Å²) in [6.07, 6.45) is 2.84. The van der Waals surface area contributed by atoms with Gasteiger partial charge in [0.1, 0.15) is 0 Å². The summed E-state index contributed by atoms with van der Waals surface area (Å²) in [5.74, 6) is -0.506. The van der Waals surface area contributed by atoms with E-state index < -0.39 is 25.8 Å². The van der Waals surface area contributed by atoms with Crippen LogP contribution in [0.15, 0.2) is 34.1 Å². The molecule has 1 amide bonds. The van der Waals surface area contributed by atoms with Crippen LogP contribution in [-0.4, -0.2) is 29.0 Å². The van der Waals surface area contributed by atoms with Crippen LogP contribution in [0.4, 0.5) is 0 Å². The third kappa shape index (κ3) is 5.42. The van der Waals surface area contributed by atoms with Gasteiger partial charge in [0, 0.05) is 12.7 Å². The van der Waals surface area contributed by atoms with Crippen LogP contribution in [-0.2, 0) is 24.7 Å². The Bertz CT molecular complexity index is 738. The first-order chi connectivity index (χ1) is 10.1. The molecule has 1 aromatic rings. The Labute approximate surface area is 131 Å². The number of carbonyl (C=O) groups is 1. The highest BCUT2D eigenvalue weighted by atomic mass is 32.2. The van der Waals surface area contributed by atoms with Gasteiger partial charge < -0.3 is 0 Å². The second-order valence-electron chi connectivity index (χ2n) is 5.37. The molecule has 0 aliphatic heterocycles. The highest BCUT2D eigenvalue weighted by Crippen LogP contribution is 2.16. The van der Waals surface area contributed by atoms with Crippen LogP contribution < -0.4 is 4.72 Å². The third-order valence-corrected chi connectivity index (χ3v) is 5.59. The Morgan fingerprint density at radius 1 is 1.18 bits per heavy atom. The van der Waals surface area contributed by atoms with E-state index in [-0.39, 0.29) is 22.1 Å². The smallest absolute Gasteiger partial charge is 0.264 e. The van der Waals surface area contributed by atoms with E-state index in [2.05, 4.69) is 0 Å². The minimum atomic E-state index is -4.07. The zero-order valence-electron chi connectivity index (χ0n) is 12.9. The molecule has 1 aromatic carbocycles. The topological polar surface area (TPSA) is 97.4 Å². The average Bonchev–Trinajstić information content (AvgIpc) is 2.37. The number of benzene rings is 1. The van der Waals surface area contributed by atoms with Gasteiger partial charge >= 0.3 is 0 Å². The lowest BCUT2D eigenvalue weighted by molar-refractivity contribution is -0.120. The van der Waals surface area contributed by atoms with Gasteiger partial charge in [0.2, 0.25) is 5.91 Å². The van der Waals surface area contributed by atoms with Crippen molar-refractivity contribution in [3.8, 4) is 0 Å². The molecule has 0 unspecified atom stereocenters. The molecule has 1 atom stereocenters. The molecule has 8 heteroatoms. The molecule has 22 heavy (non-hydrogen) atoms. The fourth-order valence-electron chi connectivity index (χ4n) is 2.03. The molecule has 1 rings (SSSR count). The lowest BCUT2D eigenvalue weighted by Gasteiger charge is -2.11. The fourth-order valence-corrected chi connectivity index (χ4v) is 3.82. The number of amides is 1. The Hall–Kier alpha value is -1.41. The molecule has 0 spiro atoms. The van der Waals surface area contributed by atoms with E-state index in [0.717, 1.165) is 25.2 Å². The van der Waals surface area contributed by atoms with Crippen molar-refractivity contribution in [1.29, 1.82) is 0 Å². The van der Waals surface area contributed by atoms with E-state index in [0.29, 0.717) is 0 Å². The van der Waals surface area contributed by atoms with Crippen molar-refractivity contribution in [2.45, 2.75) is 42.9 Å². The van der Waals surface area contributed by atoms with E-state index in [4.69, 9.17) is 0 Å². The first-order valence-electron chi connectivity index (χ1n) is 6.92. The number of carbonyl (C=O) groups excluding carboxylic acids is 1. The Balaban J connectivity index is 2.94. The summed E-state index contributed by atoms with van der Waals surface area (Å²) in [7, 11) is -7.58. The maximum Gasteiger partial charge on any atom is 0.264 e. The van der Waals surface area contributed by atoms with Gasteiger partial charge in [-0.1, -0.05) is 32.8 Å². The predicted molar refractivity (Wildman–Crippen MR) is 83.6 cm³/mol. The number of nitrogens with one attached hydrogen (secondary N) is 1. The Morgan fingerprint density at radius 2 is 1.77 bits per heavy atom. The van der Waals surface area contributed by atoms with E-state index >= 15 is 0 Å². The number of sulfone groups is 1. The zero-order chi connectivity index (χ0) is 17.0. The largest absolute Gasteiger partial charge is 0.274 e. The van der Waals surface area contributed by atoms with Crippen molar-refractivity contribution >= 4 is 25.8 Å². The summed E-state index contributed by atoms with van der Waals surface area (Å²) in [5, 5.41) is 0. The maximum atomic E-state index is 12.1. The highest BCUT2D eigenvalue weighted by molar-refractivity contribution is 7.91. The molecule has 124 valence electrons. The standard InChI is InChI=1S/C14H21NO5S2/c1-4-6-11(2)9-14(16)15-22(19,20)13-8-5-7-12(10-13)21(3,17)18/h5,7-8,10-11H,4,6,9H2,1-3H3,(H,15,16)/t11-/m0/s1. The van der Waals surface area contributed by atoms with Gasteiger partial charge in [-0.25, -0.2) is 21.6 Å². The van der Waals surface area contributed by atoms with Gasteiger partial charge in [0.25, 0.3) is 10.0 Å². The molecule has 0 fully saturated rings. The van der Waals surface area contributed by atoms with Gasteiger partial charge in [-0.2, -0.15) is 0 Å². The third-order valence-electron chi connectivity index (χ3n) is 3.11. The van der Waals surface area contributed by atoms with E-state index in [1.165, 1.54) is 18.2 Å². The SMILES string of the molecule is CCC[C@H](C)CC(=O)NS(=O)(=O)c1cccc(S(C)(=O)=O)c1. The monoisotopic (exact) mass is 347 g/mol. The average molecular weight is 347 g/mol. The Kier molecular flexibility index (Phi) is 6.13. The number of sulfonamides is 1. The van der Waals surface area contributed by atoms with E-state index in [1.54, 1.807) is 0 Å². The van der Waals surface area contributed by atoms with Crippen molar-refractivity contribution in [1.82, 2.24) is 4.72 Å². The molecular weight excluding hydrogens is 326 g/mol. The normalized spacial score (nSPS) is 13.6. The van der Waals surface area contributed by atoms with Crippen LogP contribution in [0.25, 0.3) is 0 Å². The number of hydrogen-bond donors (Lipinski definition) is 1. The predicted octanol–water partition coefficient (Wildman–Crippen LogP) is 1.72. The summed E-state index contributed by atoms with van der Waals surface area (Å²) in [6, 6.07) is 4.93. The van der Waals surface area contributed by atoms with Crippen molar-refractivity contribution in [3.05, 3.63) is 24.3 Å². The van der Waals surface area contributed by atoms with E-state index in [1.807, 2.05) is 18.6 Å². The van der Waals surface area contributed by atoms with Crippen molar-refractivity contribution < 1.29 is 21.6 Å². The molecule has 0 aliphatic rings. The van der Waals surface area contributed by atoms with Crippen LogP contribution in [0.5, 0.6) is 0 Å². The molecule has 0 bridgehead atoms. The van der Waals surface area contributed by atoms with E-state index in [9.17, 15) is 21.6 Å². The molecule has 0 radical (unpaired) electrons. The molecule has 6 nitrogen and oxygen atoms in total. The first kappa shape index (κ1) is 18.6. The number of hydrogen-bond acceptors (Lipinski definition) is 5. The van der Waals surface area contributed by atoms with Gasteiger partial charge in [0.05, 0.1) is 9.79 Å². The van der Waals surface area contributed by atoms with Gasteiger partial charge in [-0.3, -0.25) is 4.79 Å². The quantitative estimate of drug-likeness (QED) is 0.810. The summed E-state index contributed by atoms with van der Waals surface area (Å²) in [4.78, 5) is 11.4. The maximum absolute atomic E-state index is 12.1. The van der Waals surface area contributed by atoms with Gasteiger partial charge in [-0.05, 0) is 24.1 Å². The summed E-state index contributed by atoms with van der Waals surface area (Å²) in [6.45, 7) is 3.86. The van der Waals surface area contributed by atoms with Crippen LogP contribution in [0.3, 0.4) is 0 Å². The van der Waals surface area contributed by atoms with Crippen molar-refractivity contribution in [2.75, 3.05) is 6.26 Å². The van der Waals surface area contributed by atoms with Crippen molar-refractivity contribution in [3.63, 3.8) is 0 Å². The first-order valence-corrected chi connectivity index (χ1v) is 10.3. The summed E-state index contributed by atoms with van der Waals surface area (Å²) < 4.78 is 49.2. The zero-order valence-corrected chi connectivity index (χ0v) is 14.5. The second-order valence-corrected chi connectivity index (χ2v) is 9.07. The molecular formula is C14H21NO5S2. The van der Waals surface area contributed by atoms with Crippen LogP contribution in [0.2, 0.25) is 0 Å². The molecule has 1 N–H and O–H groups in total. The fraction of sp³-hybridized carbons (Fsp3) is 0.500. The highest BCUT2D eigenvalue weighted by Gasteiger charge is 2.20.